The molecule has 0 saturated heterocycles. The monoisotopic (exact) mass is 264 g/mol. The molecule has 4 nitrogen and oxygen atoms in total. The van der Waals surface area contributed by atoms with E-state index in [1.807, 2.05) is 12.1 Å². The average molecular weight is 264 g/mol. The fourth-order valence-corrected chi connectivity index (χ4v) is 2.05. The number of nitro groups is 1. The van der Waals surface area contributed by atoms with Gasteiger partial charge in [-0.3, -0.25) is 10.1 Å². The number of unbranched alkanes of at least 4 members (excludes halogenated alkanes) is 1. The van der Waals surface area contributed by atoms with Crippen LogP contribution < -0.4 is 5.32 Å². The fraction of sp³-hybridized carbons (Fsp3) is 0.600. The van der Waals surface area contributed by atoms with E-state index in [0.29, 0.717) is 6.42 Å². The van der Waals surface area contributed by atoms with Crippen molar-refractivity contribution in [2.45, 2.75) is 39.5 Å². The lowest BCUT2D eigenvalue weighted by molar-refractivity contribution is -0.385. The van der Waals surface area contributed by atoms with E-state index in [0.717, 1.165) is 24.6 Å². The number of benzene rings is 1. The van der Waals surface area contributed by atoms with Crippen LogP contribution in [-0.4, -0.2) is 18.0 Å². The maximum Gasteiger partial charge on any atom is 0.272 e. The second-order valence-electron chi connectivity index (χ2n) is 5.28. The Morgan fingerprint density at radius 2 is 1.95 bits per heavy atom. The highest BCUT2D eigenvalue weighted by Crippen LogP contribution is 2.17. The SMILES string of the molecule is CC(C)CCCCNCCc1ccccc1[N+](=O)[O-]. The van der Waals surface area contributed by atoms with Crippen molar-refractivity contribution in [1.29, 1.82) is 0 Å². The molecule has 0 atom stereocenters. The lowest BCUT2D eigenvalue weighted by atomic mass is 10.1. The topological polar surface area (TPSA) is 55.2 Å². The van der Waals surface area contributed by atoms with Gasteiger partial charge in [0, 0.05) is 11.6 Å². The summed E-state index contributed by atoms with van der Waals surface area (Å²) in [6.07, 6.45) is 4.40. The van der Waals surface area contributed by atoms with E-state index in [2.05, 4.69) is 19.2 Å². The van der Waals surface area contributed by atoms with Crippen molar-refractivity contribution in [3.63, 3.8) is 0 Å². The molecular formula is C15H24N2O2. The number of hydrogen-bond donors (Lipinski definition) is 1. The second-order valence-corrected chi connectivity index (χ2v) is 5.28. The summed E-state index contributed by atoms with van der Waals surface area (Å²) in [5, 5.41) is 14.2. The van der Waals surface area contributed by atoms with E-state index in [9.17, 15) is 10.1 Å². The zero-order chi connectivity index (χ0) is 14.1. The molecule has 0 aliphatic carbocycles. The summed E-state index contributed by atoms with van der Waals surface area (Å²) in [6, 6.07) is 6.96. The molecular weight excluding hydrogens is 240 g/mol. The van der Waals surface area contributed by atoms with E-state index in [-0.39, 0.29) is 10.6 Å². The predicted octanol–water partition coefficient (Wildman–Crippen LogP) is 3.55. The van der Waals surface area contributed by atoms with Crippen molar-refractivity contribution >= 4 is 5.69 Å². The number of nitrogens with zero attached hydrogens (tertiary/aromatic N) is 1. The van der Waals surface area contributed by atoms with Crippen LogP contribution in [0, 0.1) is 16.0 Å². The molecule has 1 rings (SSSR count). The van der Waals surface area contributed by atoms with Crippen molar-refractivity contribution in [1.82, 2.24) is 5.32 Å². The van der Waals surface area contributed by atoms with Gasteiger partial charge >= 0.3 is 0 Å². The Bertz CT molecular complexity index is 391. The molecule has 0 amide bonds. The van der Waals surface area contributed by atoms with Gasteiger partial charge in [-0.05, 0) is 31.8 Å². The highest BCUT2D eigenvalue weighted by atomic mass is 16.6. The number of hydrogen-bond acceptors (Lipinski definition) is 3. The van der Waals surface area contributed by atoms with E-state index in [4.69, 9.17) is 0 Å². The van der Waals surface area contributed by atoms with Gasteiger partial charge in [0.15, 0.2) is 0 Å². The van der Waals surface area contributed by atoms with Gasteiger partial charge in [0.05, 0.1) is 4.92 Å². The lowest BCUT2D eigenvalue weighted by Crippen LogP contribution is -2.19. The van der Waals surface area contributed by atoms with Gasteiger partial charge in [-0.1, -0.05) is 44.9 Å². The fourth-order valence-electron chi connectivity index (χ4n) is 2.05. The van der Waals surface area contributed by atoms with Crippen LogP contribution in [0.2, 0.25) is 0 Å². The molecule has 0 aliphatic heterocycles. The lowest BCUT2D eigenvalue weighted by Gasteiger charge is -2.06. The summed E-state index contributed by atoms with van der Waals surface area (Å²) in [5.41, 5.74) is 1.03. The van der Waals surface area contributed by atoms with Crippen molar-refractivity contribution in [3.05, 3.63) is 39.9 Å². The van der Waals surface area contributed by atoms with Crippen LogP contribution in [0.5, 0.6) is 0 Å². The zero-order valence-corrected chi connectivity index (χ0v) is 11.9. The molecule has 0 unspecified atom stereocenters. The standard InChI is InChI=1S/C15H24N2O2/c1-13(2)7-5-6-11-16-12-10-14-8-3-4-9-15(14)17(18)19/h3-4,8-9,13,16H,5-7,10-12H2,1-2H3. The highest BCUT2D eigenvalue weighted by Gasteiger charge is 2.10. The Labute approximate surface area is 115 Å². The molecule has 0 saturated carbocycles. The minimum absolute atomic E-state index is 0.226. The summed E-state index contributed by atoms with van der Waals surface area (Å²) in [4.78, 5) is 10.5. The van der Waals surface area contributed by atoms with Crippen molar-refractivity contribution in [3.8, 4) is 0 Å². The van der Waals surface area contributed by atoms with Gasteiger partial charge in [-0.2, -0.15) is 0 Å². The summed E-state index contributed by atoms with van der Waals surface area (Å²) < 4.78 is 0. The Morgan fingerprint density at radius 3 is 2.63 bits per heavy atom. The Morgan fingerprint density at radius 1 is 1.21 bits per heavy atom. The van der Waals surface area contributed by atoms with Crippen LogP contribution in [0.3, 0.4) is 0 Å². The molecule has 0 aliphatic rings. The van der Waals surface area contributed by atoms with Crippen LogP contribution in [0.25, 0.3) is 0 Å². The number of nitro benzene ring substituents is 1. The third kappa shape index (κ3) is 6.34. The number of para-hydroxylation sites is 1. The quantitative estimate of drug-likeness (QED) is 0.421. The zero-order valence-electron chi connectivity index (χ0n) is 11.9. The minimum atomic E-state index is -0.308. The Hall–Kier alpha value is -1.42. The van der Waals surface area contributed by atoms with E-state index >= 15 is 0 Å². The molecule has 1 aromatic rings. The molecule has 0 aromatic heterocycles. The van der Waals surface area contributed by atoms with Gasteiger partial charge in [0.25, 0.3) is 5.69 Å². The predicted molar refractivity (Wildman–Crippen MR) is 78.4 cm³/mol. The van der Waals surface area contributed by atoms with Gasteiger partial charge < -0.3 is 5.32 Å². The molecule has 0 fully saturated rings. The van der Waals surface area contributed by atoms with Crippen LogP contribution >= 0.6 is 0 Å². The summed E-state index contributed by atoms with van der Waals surface area (Å²) in [7, 11) is 0. The number of nitrogens with one attached hydrogen (secondary N) is 1. The summed E-state index contributed by atoms with van der Waals surface area (Å²) in [6.45, 7) is 6.27. The molecule has 1 aromatic carbocycles. The van der Waals surface area contributed by atoms with Crippen LogP contribution in [-0.2, 0) is 6.42 Å². The van der Waals surface area contributed by atoms with Gasteiger partial charge in [-0.15, -0.1) is 0 Å². The van der Waals surface area contributed by atoms with E-state index < -0.39 is 0 Å². The average Bonchev–Trinajstić information content (AvgIpc) is 2.37. The van der Waals surface area contributed by atoms with Gasteiger partial charge in [0.2, 0.25) is 0 Å². The molecule has 0 bridgehead atoms. The van der Waals surface area contributed by atoms with E-state index in [1.54, 1.807) is 12.1 Å². The largest absolute Gasteiger partial charge is 0.316 e. The molecule has 19 heavy (non-hydrogen) atoms. The summed E-state index contributed by atoms with van der Waals surface area (Å²) in [5.74, 6) is 0.770. The molecule has 0 heterocycles. The van der Waals surface area contributed by atoms with Crippen LogP contribution in [0.4, 0.5) is 5.69 Å². The first-order chi connectivity index (χ1) is 9.11. The third-order valence-electron chi connectivity index (χ3n) is 3.14. The molecule has 1 N–H and O–H groups in total. The van der Waals surface area contributed by atoms with E-state index in [1.165, 1.54) is 19.3 Å². The normalized spacial score (nSPS) is 10.9. The molecule has 0 spiro atoms. The van der Waals surface area contributed by atoms with Crippen molar-refractivity contribution in [2.75, 3.05) is 13.1 Å². The first-order valence-electron chi connectivity index (χ1n) is 7.04. The maximum atomic E-state index is 10.8. The van der Waals surface area contributed by atoms with Crippen LogP contribution in [0.1, 0.15) is 38.7 Å². The molecule has 4 heteroatoms. The maximum absolute atomic E-state index is 10.8. The Kier molecular flexibility index (Phi) is 7.11. The highest BCUT2D eigenvalue weighted by molar-refractivity contribution is 5.39. The van der Waals surface area contributed by atoms with Crippen molar-refractivity contribution < 1.29 is 4.92 Å². The van der Waals surface area contributed by atoms with Gasteiger partial charge in [-0.25, -0.2) is 0 Å². The minimum Gasteiger partial charge on any atom is -0.316 e. The number of rotatable bonds is 9. The second kappa shape index (κ2) is 8.64. The third-order valence-corrected chi connectivity index (χ3v) is 3.14. The first kappa shape index (κ1) is 15.6. The molecule has 106 valence electrons. The van der Waals surface area contributed by atoms with Gasteiger partial charge in [0.1, 0.15) is 0 Å². The summed E-state index contributed by atoms with van der Waals surface area (Å²) >= 11 is 0. The first-order valence-corrected chi connectivity index (χ1v) is 7.04. The smallest absolute Gasteiger partial charge is 0.272 e. The molecule has 0 radical (unpaired) electrons. The van der Waals surface area contributed by atoms with Crippen molar-refractivity contribution in [2.24, 2.45) is 5.92 Å². The Balaban J connectivity index is 2.21. The van der Waals surface area contributed by atoms with Crippen LogP contribution in [0.15, 0.2) is 24.3 Å².